The van der Waals surface area contributed by atoms with Crippen molar-refractivity contribution in [2.24, 2.45) is 0 Å². The average Bonchev–Trinajstić information content (AvgIpc) is 2.40. The molecule has 0 aliphatic heterocycles. The molecule has 0 heterocycles. The molecule has 106 valence electrons. The van der Waals surface area contributed by atoms with Crippen molar-refractivity contribution < 1.29 is 9.90 Å². The summed E-state index contributed by atoms with van der Waals surface area (Å²) in [6, 6.07) is 6.77. The van der Waals surface area contributed by atoms with Gasteiger partial charge in [-0.2, -0.15) is 0 Å². The van der Waals surface area contributed by atoms with Crippen LogP contribution in [0, 0.1) is 0 Å². The molecule has 0 aliphatic carbocycles. The highest BCUT2D eigenvalue weighted by atomic mass is 16.3. The lowest BCUT2D eigenvalue weighted by Gasteiger charge is -2.05. The van der Waals surface area contributed by atoms with Crippen LogP contribution in [-0.4, -0.2) is 17.6 Å². The van der Waals surface area contributed by atoms with Gasteiger partial charge in [-0.05, 0) is 24.1 Å². The molecule has 1 rings (SSSR count). The van der Waals surface area contributed by atoms with Crippen molar-refractivity contribution in [1.29, 1.82) is 0 Å². The van der Waals surface area contributed by atoms with Crippen molar-refractivity contribution >= 4 is 5.91 Å². The summed E-state index contributed by atoms with van der Waals surface area (Å²) < 4.78 is 0. The molecule has 19 heavy (non-hydrogen) atoms. The normalized spacial score (nSPS) is 10.4. The van der Waals surface area contributed by atoms with E-state index in [0.29, 0.717) is 6.42 Å². The smallest absolute Gasteiger partial charge is 0.224 e. The number of phenols is 1. The molecule has 3 nitrogen and oxygen atoms in total. The van der Waals surface area contributed by atoms with Gasteiger partial charge in [0.25, 0.3) is 0 Å². The van der Waals surface area contributed by atoms with Crippen LogP contribution in [0.4, 0.5) is 0 Å². The van der Waals surface area contributed by atoms with Crippen LogP contribution >= 0.6 is 0 Å². The third-order valence-electron chi connectivity index (χ3n) is 3.15. The fraction of sp³-hybridized carbons (Fsp3) is 0.562. The van der Waals surface area contributed by atoms with E-state index in [0.717, 1.165) is 18.5 Å². The van der Waals surface area contributed by atoms with E-state index in [-0.39, 0.29) is 11.7 Å². The molecule has 0 fully saturated rings. The molecule has 0 saturated heterocycles. The number of phenolic OH excluding ortho intramolecular Hbond substituents is 1. The Kier molecular flexibility index (Phi) is 7.71. The highest BCUT2D eigenvalue weighted by Crippen LogP contribution is 2.10. The predicted molar refractivity (Wildman–Crippen MR) is 78.2 cm³/mol. The Morgan fingerprint density at radius 2 is 1.68 bits per heavy atom. The summed E-state index contributed by atoms with van der Waals surface area (Å²) in [6.07, 6.45) is 7.79. The van der Waals surface area contributed by atoms with Crippen LogP contribution in [0.3, 0.4) is 0 Å². The fourth-order valence-electron chi connectivity index (χ4n) is 1.99. The number of hydrogen-bond donors (Lipinski definition) is 2. The number of benzene rings is 1. The van der Waals surface area contributed by atoms with Gasteiger partial charge >= 0.3 is 0 Å². The second-order valence-corrected chi connectivity index (χ2v) is 4.96. The van der Waals surface area contributed by atoms with Gasteiger partial charge in [0.05, 0.1) is 6.42 Å². The molecule has 0 saturated carbocycles. The number of carbonyl (C=O) groups excluding carboxylic acids is 1. The molecule has 0 atom stereocenters. The van der Waals surface area contributed by atoms with Gasteiger partial charge in [-0.3, -0.25) is 4.79 Å². The van der Waals surface area contributed by atoms with E-state index < -0.39 is 0 Å². The lowest BCUT2D eigenvalue weighted by atomic mass is 10.1. The molecule has 1 aromatic carbocycles. The SMILES string of the molecule is CCCCCCCCNC(=O)Cc1ccc(O)cc1. The zero-order chi connectivity index (χ0) is 13.9. The van der Waals surface area contributed by atoms with Gasteiger partial charge in [0.1, 0.15) is 5.75 Å². The molecule has 2 N–H and O–H groups in total. The summed E-state index contributed by atoms with van der Waals surface area (Å²) in [5.74, 6) is 0.287. The molecule has 0 aliphatic rings. The van der Waals surface area contributed by atoms with Crippen molar-refractivity contribution in [3.05, 3.63) is 29.8 Å². The van der Waals surface area contributed by atoms with Crippen LogP contribution in [-0.2, 0) is 11.2 Å². The van der Waals surface area contributed by atoms with Gasteiger partial charge < -0.3 is 10.4 Å². The molecule has 0 unspecified atom stereocenters. The number of amides is 1. The van der Waals surface area contributed by atoms with Crippen LogP contribution in [0.15, 0.2) is 24.3 Å². The number of hydrogen-bond acceptors (Lipinski definition) is 2. The van der Waals surface area contributed by atoms with E-state index in [2.05, 4.69) is 12.2 Å². The molecular formula is C16H25NO2. The van der Waals surface area contributed by atoms with Crippen molar-refractivity contribution in [2.75, 3.05) is 6.54 Å². The Morgan fingerprint density at radius 3 is 2.37 bits per heavy atom. The monoisotopic (exact) mass is 263 g/mol. The minimum absolute atomic E-state index is 0.0549. The minimum atomic E-state index is 0.0549. The van der Waals surface area contributed by atoms with Gasteiger partial charge in [-0.15, -0.1) is 0 Å². The minimum Gasteiger partial charge on any atom is -0.508 e. The van der Waals surface area contributed by atoms with Crippen LogP contribution < -0.4 is 5.32 Å². The summed E-state index contributed by atoms with van der Waals surface area (Å²) in [6.45, 7) is 2.98. The number of rotatable bonds is 9. The van der Waals surface area contributed by atoms with Crippen molar-refractivity contribution in [1.82, 2.24) is 5.32 Å². The second-order valence-electron chi connectivity index (χ2n) is 4.96. The first-order valence-corrected chi connectivity index (χ1v) is 7.27. The number of carbonyl (C=O) groups is 1. The molecule has 1 amide bonds. The summed E-state index contributed by atoms with van der Waals surface area (Å²) in [7, 11) is 0. The summed E-state index contributed by atoms with van der Waals surface area (Å²) in [4.78, 5) is 11.7. The highest BCUT2D eigenvalue weighted by molar-refractivity contribution is 5.78. The molecular weight excluding hydrogens is 238 g/mol. The van der Waals surface area contributed by atoms with Gasteiger partial charge in [0, 0.05) is 6.54 Å². The van der Waals surface area contributed by atoms with Crippen molar-refractivity contribution in [3.8, 4) is 5.75 Å². The highest BCUT2D eigenvalue weighted by Gasteiger charge is 2.02. The van der Waals surface area contributed by atoms with Gasteiger partial charge in [-0.25, -0.2) is 0 Å². The summed E-state index contributed by atoms with van der Waals surface area (Å²) >= 11 is 0. The quantitative estimate of drug-likeness (QED) is 0.671. The standard InChI is InChI=1S/C16H25NO2/c1-2-3-4-5-6-7-12-17-16(19)13-14-8-10-15(18)11-9-14/h8-11,18H,2-7,12-13H2,1H3,(H,17,19). The topological polar surface area (TPSA) is 49.3 Å². The van der Waals surface area contributed by atoms with E-state index in [1.165, 1.54) is 32.1 Å². The van der Waals surface area contributed by atoms with E-state index >= 15 is 0 Å². The first-order valence-electron chi connectivity index (χ1n) is 7.27. The first kappa shape index (κ1) is 15.5. The zero-order valence-electron chi connectivity index (χ0n) is 11.8. The van der Waals surface area contributed by atoms with Gasteiger partial charge in [0.2, 0.25) is 5.91 Å². The fourth-order valence-corrected chi connectivity index (χ4v) is 1.99. The lowest BCUT2D eigenvalue weighted by Crippen LogP contribution is -2.26. The molecule has 0 radical (unpaired) electrons. The van der Waals surface area contributed by atoms with Crippen molar-refractivity contribution in [2.45, 2.75) is 51.9 Å². The van der Waals surface area contributed by atoms with Crippen LogP contribution in [0.1, 0.15) is 51.0 Å². The molecule has 0 aromatic heterocycles. The lowest BCUT2D eigenvalue weighted by molar-refractivity contribution is -0.120. The predicted octanol–water partition coefficient (Wildman–Crippen LogP) is 3.41. The molecule has 0 spiro atoms. The Morgan fingerprint density at radius 1 is 1.05 bits per heavy atom. The van der Waals surface area contributed by atoms with E-state index in [1.54, 1.807) is 24.3 Å². The summed E-state index contributed by atoms with van der Waals surface area (Å²) in [5, 5.41) is 12.1. The third-order valence-corrected chi connectivity index (χ3v) is 3.15. The maximum atomic E-state index is 11.7. The van der Waals surface area contributed by atoms with Gasteiger partial charge in [-0.1, -0.05) is 51.2 Å². The van der Waals surface area contributed by atoms with Crippen molar-refractivity contribution in [3.63, 3.8) is 0 Å². The molecule has 1 aromatic rings. The van der Waals surface area contributed by atoms with Crippen LogP contribution in [0.2, 0.25) is 0 Å². The Labute approximate surface area is 116 Å². The Balaban J connectivity index is 2.06. The number of nitrogens with one attached hydrogen (secondary N) is 1. The molecule has 3 heteroatoms. The Hall–Kier alpha value is -1.51. The molecule has 0 bridgehead atoms. The number of unbranched alkanes of at least 4 members (excludes halogenated alkanes) is 5. The van der Waals surface area contributed by atoms with Gasteiger partial charge in [0.15, 0.2) is 0 Å². The van der Waals surface area contributed by atoms with Crippen LogP contribution in [0.5, 0.6) is 5.75 Å². The summed E-state index contributed by atoms with van der Waals surface area (Å²) in [5.41, 5.74) is 0.929. The van der Waals surface area contributed by atoms with E-state index in [4.69, 9.17) is 5.11 Å². The number of aromatic hydroxyl groups is 1. The van der Waals surface area contributed by atoms with E-state index in [9.17, 15) is 4.79 Å². The second kappa shape index (κ2) is 9.42. The van der Waals surface area contributed by atoms with E-state index in [1.807, 2.05) is 0 Å². The average molecular weight is 263 g/mol. The first-order chi connectivity index (χ1) is 9.22. The van der Waals surface area contributed by atoms with Crippen LogP contribution in [0.25, 0.3) is 0 Å². The third kappa shape index (κ3) is 7.50. The Bertz CT molecular complexity index is 360. The largest absolute Gasteiger partial charge is 0.508 e. The zero-order valence-corrected chi connectivity index (χ0v) is 11.8. The maximum absolute atomic E-state index is 11.7. The maximum Gasteiger partial charge on any atom is 0.224 e.